The van der Waals surface area contributed by atoms with E-state index < -0.39 is 11.9 Å². The number of aromatic carboxylic acids is 1. The third-order valence-corrected chi connectivity index (χ3v) is 5.22. The molecular weight excluding hydrogens is 380 g/mol. The van der Waals surface area contributed by atoms with Crippen molar-refractivity contribution in [2.45, 2.75) is 26.2 Å². The van der Waals surface area contributed by atoms with Gasteiger partial charge in [0, 0.05) is 24.7 Å². The maximum absolute atomic E-state index is 11.9. The number of carboxylic acid groups (broad SMARTS) is 2. The summed E-state index contributed by atoms with van der Waals surface area (Å²) in [7, 11) is 1.68. The molecule has 6 heteroatoms. The van der Waals surface area contributed by atoms with E-state index in [-0.39, 0.29) is 12.1 Å². The number of aryl methyl sites for hydroxylation is 1. The van der Waals surface area contributed by atoms with Crippen LogP contribution in [0.4, 0.5) is 5.69 Å². The predicted octanol–water partition coefficient (Wildman–Crippen LogP) is 5.19. The van der Waals surface area contributed by atoms with Crippen LogP contribution in [0.1, 0.15) is 35.1 Å². The van der Waals surface area contributed by atoms with Crippen LogP contribution < -0.4 is 0 Å². The van der Waals surface area contributed by atoms with E-state index >= 15 is 0 Å². The minimum Gasteiger partial charge on any atom is -0.481 e. The Bertz CT molecular complexity index is 1130. The predicted molar refractivity (Wildman–Crippen MR) is 115 cm³/mol. The Morgan fingerprint density at radius 3 is 1.97 bits per heavy atom. The molecule has 0 saturated heterocycles. The van der Waals surface area contributed by atoms with Gasteiger partial charge in [0.05, 0.1) is 6.57 Å². The van der Waals surface area contributed by atoms with Crippen molar-refractivity contribution in [3.8, 4) is 22.3 Å². The smallest absolute Gasteiger partial charge is 0.351 e. The minimum atomic E-state index is -1.06. The van der Waals surface area contributed by atoms with E-state index in [4.69, 9.17) is 11.7 Å². The van der Waals surface area contributed by atoms with Crippen molar-refractivity contribution in [3.05, 3.63) is 76.9 Å². The van der Waals surface area contributed by atoms with Gasteiger partial charge < -0.3 is 14.8 Å². The van der Waals surface area contributed by atoms with E-state index in [2.05, 4.69) is 4.85 Å². The molecule has 2 aromatic carbocycles. The van der Waals surface area contributed by atoms with Crippen LogP contribution in [0.5, 0.6) is 0 Å². The maximum atomic E-state index is 11.9. The molecular formula is C24H22N2O4. The Labute approximate surface area is 174 Å². The highest BCUT2D eigenvalue weighted by Crippen LogP contribution is 2.40. The second kappa shape index (κ2) is 8.66. The van der Waals surface area contributed by atoms with Crippen LogP contribution in [0.25, 0.3) is 27.1 Å². The van der Waals surface area contributed by atoms with Crippen molar-refractivity contribution in [2.24, 2.45) is 7.05 Å². The molecule has 0 aliphatic rings. The van der Waals surface area contributed by atoms with Crippen LogP contribution in [-0.2, 0) is 24.7 Å². The fourth-order valence-electron chi connectivity index (χ4n) is 3.71. The first-order chi connectivity index (χ1) is 14.4. The van der Waals surface area contributed by atoms with Gasteiger partial charge in [0.2, 0.25) is 5.69 Å². The van der Waals surface area contributed by atoms with Gasteiger partial charge in [-0.05, 0) is 35.1 Å². The molecule has 3 aromatic rings. The van der Waals surface area contributed by atoms with Gasteiger partial charge in [-0.2, -0.15) is 0 Å². The second-order valence-corrected chi connectivity index (χ2v) is 7.02. The summed E-state index contributed by atoms with van der Waals surface area (Å²) in [5.41, 5.74) is 5.24. The Morgan fingerprint density at radius 2 is 1.50 bits per heavy atom. The van der Waals surface area contributed by atoms with E-state index in [1.165, 1.54) is 0 Å². The number of aromatic nitrogens is 1. The number of rotatable bonds is 7. The van der Waals surface area contributed by atoms with Gasteiger partial charge in [-0.15, -0.1) is 0 Å². The quantitative estimate of drug-likeness (QED) is 0.533. The maximum Gasteiger partial charge on any atom is 0.351 e. The molecule has 1 heterocycles. The van der Waals surface area contributed by atoms with Crippen molar-refractivity contribution < 1.29 is 19.8 Å². The van der Waals surface area contributed by atoms with E-state index in [9.17, 15) is 14.7 Å². The number of carbonyl (C=O) groups is 2. The lowest BCUT2D eigenvalue weighted by Gasteiger charge is -2.08. The van der Waals surface area contributed by atoms with Crippen molar-refractivity contribution in [2.75, 3.05) is 0 Å². The largest absolute Gasteiger partial charge is 0.481 e. The number of nitrogens with zero attached hydrogens (tertiary/aromatic N) is 2. The monoisotopic (exact) mass is 402 g/mol. The number of benzene rings is 2. The van der Waals surface area contributed by atoms with Gasteiger partial charge in [0.15, 0.2) is 0 Å². The second-order valence-electron chi connectivity index (χ2n) is 7.02. The summed E-state index contributed by atoms with van der Waals surface area (Å²) < 4.78 is 1.59. The van der Waals surface area contributed by atoms with Gasteiger partial charge >= 0.3 is 11.9 Å². The summed E-state index contributed by atoms with van der Waals surface area (Å²) in [4.78, 5) is 26.2. The standard InChI is InChI=1S/C24H22N2O4/c1-4-19-22(25-2)21(23(24(29)30)26(19)3)18-12-10-17(11-13-18)16-8-5-15(6-9-16)7-14-20(27)28/h5-6,8-13H,4,7,14H2,1,3H3,(H,27,28)(H,29,30). The summed E-state index contributed by atoms with van der Waals surface area (Å²) in [6.45, 7) is 9.47. The van der Waals surface area contributed by atoms with E-state index in [0.717, 1.165) is 16.7 Å². The average Bonchev–Trinajstić information content (AvgIpc) is 3.04. The van der Waals surface area contributed by atoms with Crippen molar-refractivity contribution >= 4 is 17.6 Å². The van der Waals surface area contributed by atoms with Gasteiger partial charge in [-0.3, -0.25) is 4.79 Å². The van der Waals surface area contributed by atoms with E-state index in [1.54, 1.807) is 11.6 Å². The molecule has 6 nitrogen and oxygen atoms in total. The molecule has 30 heavy (non-hydrogen) atoms. The van der Waals surface area contributed by atoms with Crippen LogP contribution in [-0.4, -0.2) is 26.7 Å². The first-order valence-corrected chi connectivity index (χ1v) is 9.61. The Hall–Kier alpha value is -3.85. The van der Waals surface area contributed by atoms with Crippen molar-refractivity contribution in [3.63, 3.8) is 0 Å². The molecule has 0 spiro atoms. The third-order valence-electron chi connectivity index (χ3n) is 5.22. The molecule has 152 valence electrons. The fourth-order valence-corrected chi connectivity index (χ4v) is 3.71. The first-order valence-electron chi connectivity index (χ1n) is 9.61. The molecule has 0 aliphatic carbocycles. The van der Waals surface area contributed by atoms with Crippen molar-refractivity contribution in [1.82, 2.24) is 4.57 Å². The Balaban J connectivity index is 1.96. The van der Waals surface area contributed by atoms with Crippen LogP contribution in [0.3, 0.4) is 0 Å². The summed E-state index contributed by atoms with van der Waals surface area (Å²) in [5.74, 6) is -1.88. The van der Waals surface area contributed by atoms with E-state index in [0.29, 0.717) is 35.3 Å². The van der Waals surface area contributed by atoms with Crippen LogP contribution in [0.2, 0.25) is 0 Å². The molecule has 2 N–H and O–H groups in total. The molecule has 0 amide bonds. The molecule has 0 unspecified atom stereocenters. The van der Waals surface area contributed by atoms with Gasteiger partial charge in [0.25, 0.3) is 0 Å². The molecule has 0 aliphatic heterocycles. The summed E-state index contributed by atoms with van der Waals surface area (Å²) in [5, 5.41) is 18.5. The molecule has 1 aromatic heterocycles. The van der Waals surface area contributed by atoms with Crippen molar-refractivity contribution in [1.29, 1.82) is 0 Å². The van der Waals surface area contributed by atoms with Crippen LogP contribution in [0.15, 0.2) is 48.5 Å². The number of hydrogen-bond acceptors (Lipinski definition) is 2. The third kappa shape index (κ3) is 3.96. The highest BCUT2D eigenvalue weighted by Gasteiger charge is 2.25. The molecule has 3 rings (SSSR count). The number of carboxylic acids is 2. The minimum absolute atomic E-state index is 0.0974. The molecule has 0 fully saturated rings. The summed E-state index contributed by atoms with van der Waals surface area (Å²) >= 11 is 0. The normalized spacial score (nSPS) is 10.6. The fraction of sp³-hybridized carbons (Fsp3) is 0.208. The Morgan fingerprint density at radius 1 is 0.967 bits per heavy atom. The molecule has 0 saturated carbocycles. The highest BCUT2D eigenvalue weighted by molar-refractivity contribution is 6.00. The molecule has 0 bridgehead atoms. The van der Waals surface area contributed by atoms with Gasteiger partial charge in [0.1, 0.15) is 5.69 Å². The topological polar surface area (TPSA) is 83.9 Å². The number of hydrogen-bond donors (Lipinski definition) is 2. The zero-order valence-corrected chi connectivity index (χ0v) is 16.8. The van der Waals surface area contributed by atoms with Crippen LogP contribution >= 0.6 is 0 Å². The Kier molecular flexibility index (Phi) is 6.03. The van der Waals surface area contributed by atoms with Gasteiger partial charge in [-0.1, -0.05) is 55.5 Å². The molecule has 0 atom stereocenters. The average molecular weight is 402 g/mol. The summed E-state index contributed by atoms with van der Waals surface area (Å²) in [6.07, 6.45) is 1.15. The zero-order valence-electron chi connectivity index (χ0n) is 16.8. The zero-order chi connectivity index (χ0) is 21.8. The molecule has 0 radical (unpaired) electrons. The lowest BCUT2D eigenvalue weighted by Crippen LogP contribution is -2.07. The SMILES string of the molecule is [C-]#[N+]c1c(-c2ccc(-c3ccc(CCC(=O)O)cc3)cc2)c(C(=O)O)n(C)c1CC. The van der Waals surface area contributed by atoms with Gasteiger partial charge in [-0.25, -0.2) is 9.64 Å². The first kappa shape index (κ1) is 20.9. The lowest BCUT2D eigenvalue weighted by molar-refractivity contribution is -0.136. The summed E-state index contributed by atoms with van der Waals surface area (Å²) in [6, 6.07) is 15.2. The number of aliphatic carboxylic acids is 1. The lowest BCUT2D eigenvalue weighted by atomic mass is 9.98. The van der Waals surface area contributed by atoms with E-state index in [1.807, 2.05) is 55.5 Å². The highest BCUT2D eigenvalue weighted by atomic mass is 16.4. The van der Waals surface area contributed by atoms with Crippen LogP contribution in [0, 0.1) is 6.57 Å².